The summed E-state index contributed by atoms with van der Waals surface area (Å²) in [7, 11) is 1.39. The molecule has 1 saturated heterocycles. The molecule has 216 valence electrons. The Morgan fingerprint density at radius 1 is 1.24 bits per heavy atom. The van der Waals surface area contributed by atoms with Gasteiger partial charge in [-0.05, 0) is 45.0 Å². The molecule has 41 heavy (non-hydrogen) atoms. The van der Waals surface area contributed by atoms with Crippen molar-refractivity contribution in [1.82, 2.24) is 19.9 Å². The van der Waals surface area contributed by atoms with E-state index < -0.39 is 24.0 Å². The Bertz CT molecular complexity index is 1510. The molecular weight excluding hydrogens is 549 g/mol. The van der Waals surface area contributed by atoms with Crippen molar-refractivity contribution >= 4 is 40.0 Å². The molecule has 0 saturated carbocycles. The van der Waals surface area contributed by atoms with Gasteiger partial charge in [-0.25, -0.2) is 24.1 Å². The average molecular weight is 582 g/mol. The predicted molar refractivity (Wildman–Crippen MR) is 154 cm³/mol. The lowest BCUT2D eigenvalue weighted by Crippen LogP contribution is -2.55. The number of hydrogen-bond donors (Lipinski definition) is 2. The standard InChI is InChI=1S/C29H32FN5O5S/c1-29(2,3)40-28(37)35-10-8-20(14-23(35)26(36)38-4)39-24-15-22-17(12-21(24)25-31-9-11-41-25)16-32-27(34-22)33-19-7-5-6-18(30)13-19/h5-7,9,11-13,15-16,20,23,26,36H,8,10,14H2,1-4H3,(H,32,33,34)/t20?,23-,26?/m1/s1. The van der Waals surface area contributed by atoms with Gasteiger partial charge in [0.15, 0.2) is 6.29 Å². The molecule has 1 aliphatic rings. The van der Waals surface area contributed by atoms with Gasteiger partial charge in [-0.15, -0.1) is 11.3 Å². The fourth-order valence-corrected chi connectivity index (χ4v) is 5.32. The molecule has 3 heterocycles. The summed E-state index contributed by atoms with van der Waals surface area (Å²) in [4.78, 5) is 27.9. The van der Waals surface area contributed by atoms with Gasteiger partial charge in [0.25, 0.3) is 0 Å². The largest absolute Gasteiger partial charge is 0.489 e. The number of anilines is 2. The van der Waals surface area contributed by atoms with Crippen LogP contribution in [0.15, 0.2) is 54.2 Å². The number of ether oxygens (including phenoxy) is 3. The third-order valence-corrected chi connectivity index (χ3v) is 7.32. The zero-order chi connectivity index (χ0) is 29.1. The highest BCUT2D eigenvalue weighted by Crippen LogP contribution is 2.37. The number of benzene rings is 2. The van der Waals surface area contributed by atoms with Crippen molar-refractivity contribution < 1.29 is 28.5 Å². The van der Waals surface area contributed by atoms with Crippen molar-refractivity contribution in [3.05, 3.63) is 60.0 Å². The Labute approximate surface area is 241 Å². The molecule has 3 atom stereocenters. The highest BCUT2D eigenvalue weighted by Gasteiger charge is 2.39. The van der Waals surface area contributed by atoms with Gasteiger partial charge in [0.05, 0.1) is 17.1 Å². The molecule has 12 heteroatoms. The van der Waals surface area contributed by atoms with Crippen LogP contribution in [0.25, 0.3) is 21.5 Å². The van der Waals surface area contributed by atoms with Crippen molar-refractivity contribution in [2.45, 2.75) is 57.6 Å². The molecule has 2 aromatic carbocycles. The van der Waals surface area contributed by atoms with E-state index in [0.717, 1.165) is 16.0 Å². The summed E-state index contributed by atoms with van der Waals surface area (Å²) in [5, 5.41) is 17.1. The number of fused-ring (bicyclic) bond motifs is 1. The number of rotatable bonds is 7. The summed E-state index contributed by atoms with van der Waals surface area (Å²) in [6.45, 7) is 5.70. The zero-order valence-electron chi connectivity index (χ0n) is 23.2. The van der Waals surface area contributed by atoms with Gasteiger partial charge >= 0.3 is 6.09 Å². The molecular formula is C29H32FN5O5S. The second kappa shape index (κ2) is 11.9. The van der Waals surface area contributed by atoms with Crippen LogP contribution in [0.3, 0.4) is 0 Å². The molecule has 0 spiro atoms. The highest BCUT2D eigenvalue weighted by atomic mass is 32.1. The fraction of sp³-hybridized carbons (Fsp3) is 0.379. The molecule has 10 nitrogen and oxygen atoms in total. The van der Waals surface area contributed by atoms with Gasteiger partial charge in [0.1, 0.15) is 28.3 Å². The van der Waals surface area contributed by atoms with Gasteiger partial charge < -0.3 is 24.6 Å². The Balaban J connectivity index is 1.43. The van der Waals surface area contributed by atoms with Crippen molar-refractivity contribution in [2.24, 2.45) is 0 Å². The first-order valence-corrected chi connectivity index (χ1v) is 14.1. The Hall–Kier alpha value is -3.87. The number of piperidine rings is 1. The maximum absolute atomic E-state index is 13.7. The average Bonchev–Trinajstić information content (AvgIpc) is 3.46. The van der Waals surface area contributed by atoms with Crippen molar-refractivity contribution in [3.8, 4) is 16.3 Å². The normalized spacial score (nSPS) is 18.2. The topological polar surface area (TPSA) is 119 Å². The number of nitrogens with zero attached hydrogens (tertiary/aromatic N) is 4. The van der Waals surface area contributed by atoms with Crippen LogP contribution in [-0.2, 0) is 9.47 Å². The zero-order valence-corrected chi connectivity index (χ0v) is 24.0. The maximum Gasteiger partial charge on any atom is 0.410 e. The Kier molecular flexibility index (Phi) is 8.34. The molecule has 0 radical (unpaired) electrons. The third-order valence-electron chi connectivity index (χ3n) is 6.51. The summed E-state index contributed by atoms with van der Waals surface area (Å²) in [6.07, 6.45) is 2.17. The SMILES string of the molecule is COC(O)[C@H]1CC(Oc2cc3nc(Nc4cccc(F)c4)ncc3cc2-c2nccs2)CCN1C(=O)OC(C)(C)C. The first-order chi connectivity index (χ1) is 19.6. The van der Waals surface area contributed by atoms with Crippen LogP contribution in [0.5, 0.6) is 5.75 Å². The van der Waals surface area contributed by atoms with Crippen molar-refractivity contribution in [1.29, 1.82) is 0 Å². The summed E-state index contributed by atoms with van der Waals surface area (Å²) >= 11 is 1.48. The van der Waals surface area contributed by atoms with E-state index in [1.54, 1.807) is 45.3 Å². The molecule has 0 bridgehead atoms. The minimum Gasteiger partial charge on any atom is -0.489 e. The van der Waals surface area contributed by atoms with E-state index in [-0.39, 0.29) is 11.9 Å². The molecule has 2 N–H and O–H groups in total. The minimum atomic E-state index is -1.21. The summed E-state index contributed by atoms with van der Waals surface area (Å²) < 4.78 is 31.0. The van der Waals surface area contributed by atoms with E-state index in [1.807, 2.05) is 17.5 Å². The van der Waals surface area contributed by atoms with Crippen LogP contribution in [-0.4, -0.2) is 68.7 Å². The number of carbonyl (C=O) groups excluding carboxylic acids is 1. The first-order valence-electron chi connectivity index (χ1n) is 13.2. The number of halogens is 1. The molecule has 2 unspecified atom stereocenters. The molecule has 1 amide bonds. The first kappa shape index (κ1) is 28.7. The molecule has 5 rings (SSSR count). The summed E-state index contributed by atoms with van der Waals surface area (Å²) in [5.74, 6) is 0.503. The van der Waals surface area contributed by atoms with Crippen LogP contribution in [0.4, 0.5) is 20.8 Å². The second-order valence-electron chi connectivity index (χ2n) is 10.7. The van der Waals surface area contributed by atoms with E-state index in [9.17, 15) is 14.3 Å². The Morgan fingerprint density at radius 3 is 2.78 bits per heavy atom. The van der Waals surface area contributed by atoms with Gasteiger partial charge in [-0.2, -0.15) is 0 Å². The van der Waals surface area contributed by atoms with E-state index in [0.29, 0.717) is 42.3 Å². The van der Waals surface area contributed by atoms with Crippen LogP contribution in [0.1, 0.15) is 33.6 Å². The molecule has 0 aliphatic carbocycles. The molecule has 1 fully saturated rings. The monoisotopic (exact) mass is 581 g/mol. The van der Waals surface area contributed by atoms with Gasteiger partial charge in [0.2, 0.25) is 5.95 Å². The predicted octanol–water partition coefficient (Wildman–Crippen LogP) is 5.75. The van der Waals surface area contributed by atoms with Gasteiger partial charge in [-0.3, -0.25) is 4.90 Å². The lowest BCUT2D eigenvalue weighted by molar-refractivity contribution is -0.140. The smallest absolute Gasteiger partial charge is 0.410 e. The lowest BCUT2D eigenvalue weighted by atomic mass is 9.98. The quantitative estimate of drug-likeness (QED) is 0.263. The van der Waals surface area contributed by atoms with Crippen molar-refractivity contribution in [2.75, 3.05) is 19.0 Å². The number of hydrogen-bond acceptors (Lipinski definition) is 10. The number of amides is 1. The summed E-state index contributed by atoms with van der Waals surface area (Å²) in [5.41, 5.74) is 1.25. The number of thiazole rings is 1. The minimum absolute atomic E-state index is 0.310. The highest BCUT2D eigenvalue weighted by molar-refractivity contribution is 7.13. The van der Waals surface area contributed by atoms with Crippen LogP contribution in [0.2, 0.25) is 0 Å². The number of aliphatic hydroxyl groups excluding tert-OH is 1. The van der Waals surface area contributed by atoms with Crippen LogP contribution < -0.4 is 10.1 Å². The van der Waals surface area contributed by atoms with Crippen LogP contribution in [0, 0.1) is 5.82 Å². The van der Waals surface area contributed by atoms with Crippen LogP contribution >= 0.6 is 11.3 Å². The van der Waals surface area contributed by atoms with E-state index in [4.69, 9.17) is 14.2 Å². The second-order valence-corrected chi connectivity index (χ2v) is 11.6. The number of methoxy groups -OCH3 is 1. The van der Waals surface area contributed by atoms with E-state index >= 15 is 0 Å². The lowest BCUT2D eigenvalue weighted by Gasteiger charge is -2.41. The number of aliphatic hydroxyl groups is 1. The number of nitrogens with one attached hydrogen (secondary N) is 1. The number of likely N-dealkylation sites (tertiary alicyclic amines) is 1. The fourth-order valence-electron chi connectivity index (χ4n) is 4.66. The third kappa shape index (κ3) is 6.89. The number of aromatic nitrogens is 3. The molecule has 2 aromatic heterocycles. The van der Waals surface area contributed by atoms with E-state index in [2.05, 4.69) is 20.3 Å². The Morgan fingerprint density at radius 2 is 2.07 bits per heavy atom. The maximum atomic E-state index is 13.7. The summed E-state index contributed by atoms with van der Waals surface area (Å²) in [6, 6.07) is 9.14. The van der Waals surface area contributed by atoms with Crippen molar-refractivity contribution in [3.63, 3.8) is 0 Å². The molecule has 1 aliphatic heterocycles. The van der Waals surface area contributed by atoms with Gasteiger partial charge in [0, 0.05) is 61.4 Å². The van der Waals surface area contributed by atoms with E-state index in [1.165, 1.54) is 35.5 Å². The van der Waals surface area contributed by atoms with Gasteiger partial charge in [-0.1, -0.05) is 6.07 Å². The molecule has 4 aromatic rings. The number of carbonyl (C=O) groups is 1.